The van der Waals surface area contributed by atoms with Crippen molar-refractivity contribution in [2.75, 3.05) is 0 Å². The molecule has 0 N–H and O–H groups in total. The van der Waals surface area contributed by atoms with Crippen LogP contribution in [0.5, 0.6) is 0 Å². The average molecular weight is 1230 g/mol. The van der Waals surface area contributed by atoms with E-state index in [4.69, 9.17) is 24.9 Å². The fourth-order valence-corrected chi connectivity index (χ4v) is 15.1. The van der Waals surface area contributed by atoms with Crippen molar-refractivity contribution in [3.8, 4) is 107 Å². The molecule has 1 aliphatic carbocycles. The maximum atomic E-state index is 5.44. The van der Waals surface area contributed by atoms with E-state index in [2.05, 4.69) is 301 Å². The van der Waals surface area contributed by atoms with Crippen LogP contribution in [0.25, 0.3) is 173 Å². The lowest BCUT2D eigenvalue weighted by Gasteiger charge is -2.22. The standard InChI is InChI=1S/C88H58N8/c1-88(2)74-44-41-59(49-69(74)70-52-73-68-37-16-19-39-79(68)95(83(73)53-75(70)88)65-34-22-30-62(48-65)77-54-76(55-23-7-3-8-24-55)89-84(90-77)56-25-9-4-10-26-56)58-29-21-31-63(47-58)86-91-85(57-27-11-5-12-28-57)92-87(93-86)96-80-40-20-17-36-67(80)72-51-61(43-46-82(72)96)60-42-45-81-71(50-60)66-35-15-18-38-78(66)94(81)64-32-13-6-14-33-64/h3-54H,1-2H3. The molecule has 0 saturated carbocycles. The van der Waals surface area contributed by atoms with Crippen molar-refractivity contribution < 1.29 is 0 Å². The van der Waals surface area contributed by atoms with Gasteiger partial charge in [-0.3, -0.25) is 4.57 Å². The molecule has 0 atom stereocenters. The van der Waals surface area contributed by atoms with Crippen molar-refractivity contribution >= 4 is 65.4 Å². The second-order valence-corrected chi connectivity index (χ2v) is 25.6. The van der Waals surface area contributed by atoms with E-state index in [1.54, 1.807) is 0 Å². The third-order valence-corrected chi connectivity index (χ3v) is 19.7. The minimum Gasteiger partial charge on any atom is -0.309 e. The Kier molecular flexibility index (Phi) is 12.5. The zero-order chi connectivity index (χ0) is 63.6. The molecule has 0 unspecified atom stereocenters. The quantitative estimate of drug-likeness (QED) is 0.136. The minimum absolute atomic E-state index is 0.283. The molecule has 13 aromatic carbocycles. The monoisotopic (exact) mass is 1230 g/mol. The van der Waals surface area contributed by atoms with Crippen LogP contribution in [0.3, 0.4) is 0 Å². The van der Waals surface area contributed by atoms with Crippen molar-refractivity contribution in [3.05, 3.63) is 327 Å². The predicted molar refractivity (Wildman–Crippen MR) is 394 cm³/mol. The topological polar surface area (TPSA) is 79.2 Å². The second-order valence-electron chi connectivity index (χ2n) is 25.6. The number of nitrogens with zero attached hydrogens (tertiary/aromatic N) is 8. The summed E-state index contributed by atoms with van der Waals surface area (Å²) < 4.78 is 7.01. The fraction of sp³-hybridized carbons (Fsp3) is 0.0341. The molecule has 5 heterocycles. The summed E-state index contributed by atoms with van der Waals surface area (Å²) in [6, 6.07) is 113. The molecule has 8 heteroatoms. The highest BCUT2D eigenvalue weighted by atomic mass is 15.2. The number of hydrogen-bond donors (Lipinski definition) is 0. The van der Waals surface area contributed by atoms with Crippen molar-refractivity contribution in [1.82, 2.24) is 38.6 Å². The van der Waals surface area contributed by atoms with Gasteiger partial charge in [0.2, 0.25) is 5.95 Å². The van der Waals surface area contributed by atoms with E-state index < -0.39 is 0 Å². The summed E-state index contributed by atoms with van der Waals surface area (Å²) in [5.74, 6) is 2.44. The Morgan fingerprint density at radius 1 is 0.229 bits per heavy atom. The Bertz CT molecular complexity index is 6100. The molecule has 0 bridgehead atoms. The number of para-hydroxylation sites is 4. The second kappa shape index (κ2) is 21.7. The van der Waals surface area contributed by atoms with Crippen LogP contribution in [0.1, 0.15) is 25.0 Å². The van der Waals surface area contributed by atoms with E-state index in [-0.39, 0.29) is 5.41 Å². The number of aromatic nitrogens is 8. The SMILES string of the molecule is CC1(C)c2ccc(-c3cccc(-c4nc(-c5ccccc5)nc(-n5c6ccccc6c6cc(-c7ccc8c(c7)c7ccccc7n8-c7ccccc7)ccc65)n4)c3)cc2-c2cc3c4ccccc4n(-c4cccc(-c5cc(-c6ccccc6)nc(-c6ccccc6)n5)c4)c3cc21. The highest BCUT2D eigenvalue weighted by Crippen LogP contribution is 2.52. The molecule has 18 aromatic rings. The number of rotatable bonds is 10. The summed E-state index contributed by atoms with van der Waals surface area (Å²) in [5, 5.41) is 7.08. The summed E-state index contributed by atoms with van der Waals surface area (Å²) in [6.45, 7) is 4.74. The third kappa shape index (κ3) is 8.87. The largest absolute Gasteiger partial charge is 0.309 e. The van der Waals surface area contributed by atoms with Gasteiger partial charge in [0.15, 0.2) is 17.5 Å². The maximum Gasteiger partial charge on any atom is 0.238 e. The molecule has 0 amide bonds. The van der Waals surface area contributed by atoms with Gasteiger partial charge in [-0.15, -0.1) is 0 Å². The van der Waals surface area contributed by atoms with Crippen LogP contribution in [0, 0.1) is 0 Å². The first-order chi connectivity index (χ1) is 47.3. The summed E-state index contributed by atoms with van der Waals surface area (Å²) in [4.78, 5) is 26.4. The minimum atomic E-state index is -0.283. The zero-order valence-corrected chi connectivity index (χ0v) is 52.6. The van der Waals surface area contributed by atoms with Gasteiger partial charge in [0.05, 0.1) is 44.5 Å². The van der Waals surface area contributed by atoms with Crippen LogP contribution in [0.15, 0.2) is 315 Å². The van der Waals surface area contributed by atoms with Gasteiger partial charge in [0.1, 0.15) is 0 Å². The van der Waals surface area contributed by atoms with Crippen LogP contribution in [0.2, 0.25) is 0 Å². The molecule has 0 aliphatic heterocycles. The molecule has 8 nitrogen and oxygen atoms in total. The van der Waals surface area contributed by atoms with Gasteiger partial charge in [-0.25, -0.2) is 15.0 Å². The Morgan fingerprint density at radius 3 is 1.28 bits per heavy atom. The van der Waals surface area contributed by atoms with Crippen molar-refractivity contribution in [1.29, 1.82) is 0 Å². The molecule has 1 aliphatic rings. The molecule has 0 spiro atoms. The lowest BCUT2D eigenvalue weighted by atomic mass is 9.82. The van der Waals surface area contributed by atoms with Crippen LogP contribution in [0.4, 0.5) is 0 Å². The van der Waals surface area contributed by atoms with Crippen LogP contribution >= 0.6 is 0 Å². The van der Waals surface area contributed by atoms with Gasteiger partial charge in [-0.1, -0.05) is 232 Å². The number of fused-ring (bicyclic) bond motifs is 12. The first-order valence-corrected chi connectivity index (χ1v) is 32.7. The van der Waals surface area contributed by atoms with Gasteiger partial charge < -0.3 is 9.13 Å². The average Bonchev–Trinajstić information content (AvgIpc) is 1.55. The van der Waals surface area contributed by atoms with Gasteiger partial charge in [0.25, 0.3) is 0 Å². The lowest BCUT2D eigenvalue weighted by molar-refractivity contribution is 0.661. The highest BCUT2D eigenvalue weighted by molar-refractivity contribution is 6.14. The molecule has 0 fully saturated rings. The molecule has 0 radical (unpaired) electrons. The van der Waals surface area contributed by atoms with Gasteiger partial charge in [-0.2, -0.15) is 9.97 Å². The van der Waals surface area contributed by atoms with E-state index in [1.165, 1.54) is 54.8 Å². The van der Waals surface area contributed by atoms with Crippen molar-refractivity contribution in [2.45, 2.75) is 19.3 Å². The summed E-state index contributed by atoms with van der Waals surface area (Å²) >= 11 is 0. The Labute approximate surface area is 554 Å². The van der Waals surface area contributed by atoms with Crippen LogP contribution in [-0.2, 0) is 5.41 Å². The van der Waals surface area contributed by atoms with E-state index in [9.17, 15) is 0 Å². The zero-order valence-electron chi connectivity index (χ0n) is 52.6. The van der Waals surface area contributed by atoms with Crippen molar-refractivity contribution in [3.63, 3.8) is 0 Å². The number of hydrogen-bond acceptors (Lipinski definition) is 5. The molecular weight excluding hydrogens is 1170 g/mol. The summed E-state index contributed by atoms with van der Waals surface area (Å²) in [6.07, 6.45) is 0. The summed E-state index contributed by atoms with van der Waals surface area (Å²) in [5.41, 5.74) is 24.8. The molecular formula is C88H58N8. The maximum absolute atomic E-state index is 5.44. The van der Waals surface area contributed by atoms with Crippen LogP contribution in [-0.4, -0.2) is 38.6 Å². The predicted octanol–water partition coefficient (Wildman–Crippen LogP) is 21.9. The van der Waals surface area contributed by atoms with E-state index in [1.807, 2.05) is 42.5 Å². The number of benzene rings is 13. The van der Waals surface area contributed by atoms with Gasteiger partial charge >= 0.3 is 0 Å². The van der Waals surface area contributed by atoms with Crippen molar-refractivity contribution in [2.24, 2.45) is 0 Å². The summed E-state index contributed by atoms with van der Waals surface area (Å²) in [7, 11) is 0. The first kappa shape index (κ1) is 55.0. The molecule has 450 valence electrons. The highest BCUT2D eigenvalue weighted by Gasteiger charge is 2.37. The van der Waals surface area contributed by atoms with Gasteiger partial charge in [-0.05, 0) is 142 Å². The third-order valence-electron chi connectivity index (χ3n) is 19.7. The Hall–Kier alpha value is -12.7. The smallest absolute Gasteiger partial charge is 0.238 e. The lowest BCUT2D eigenvalue weighted by Crippen LogP contribution is -2.15. The van der Waals surface area contributed by atoms with E-state index in [0.717, 1.165) is 106 Å². The van der Waals surface area contributed by atoms with Gasteiger partial charge in [0, 0.05) is 76.9 Å². The Balaban J connectivity index is 0.699. The van der Waals surface area contributed by atoms with E-state index in [0.29, 0.717) is 23.4 Å². The molecule has 96 heavy (non-hydrogen) atoms. The van der Waals surface area contributed by atoms with E-state index >= 15 is 0 Å². The normalized spacial score (nSPS) is 12.6. The Morgan fingerprint density at radius 2 is 0.646 bits per heavy atom. The first-order valence-electron chi connectivity index (χ1n) is 32.7. The molecule has 5 aromatic heterocycles. The van der Waals surface area contributed by atoms with Crippen LogP contribution < -0.4 is 0 Å². The molecule has 19 rings (SSSR count). The fourth-order valence-electron chi connectivity index (χ4n) is 15.1. The molecule has 0 saturated heterocycles.